The van der Waals surface area contributed by atoms with Gasteiger partial charge in [-0.3, -0.25) is 0 Å². The summed E-state index contributed by atoms with van der Waals surface area (Å²) in [5, 5.41) is 1.06. The Labute approximate surface area is 116 Å². The average Bonchev–Trinajstić information content (AvgIpc) is 2.91. The van der Waals surface area contributed by atoms with E-state index in [0.29, 0.717) is 5.76 Å². The van der Waals surface area contributed by atoms with Gasteiger partial charge in [0.05, 0.1) is 6.10 Å². The summed E-state index contributed by atoms with van der Waals surface area (Å²) in [5.41, 5.74) is 1.92. The van der Waals surface area contributed by atoms with Gasteiger partial charge in [-0.1, -0.05) is 36.4 Å². The summed E-state index contributed by atoms with van der Waals surface area (Å²) in [4.78, 5) is 0. The van der Waals surface area contributed by atoms with Crippen LogP contribution >= 0.6 is 0 Å². The van der Waals surface area contributed by atoms with Crippen molar-refractivity contribution in [2.24, 2.45) is 0 Å². The molecule has 4 rings (SSSR count). The van der Waals surface area contributed by atoms with E-state index >= 15 is 0 Å². The molecule has 0 aliphatic carbocycles. The highest BCUT2D eigenvalue weighted by molar-refractivity contribution is 5.77. The van der Waals surface area contributed by atoms with Gasteiger partial charge < -0.3 is 13.9 Å². The van der Waals surface area contributed by atoms with Gasteiger partial charge in [-0.2, -0.15) is 0 Å². The van der Waals surface area contributed by atoms with E-state index in [1.165, 1.54) is 0 Å². The molecule has 2 atom stereocenters. The molecule has 1 aromatic heterocycles. The zero-order chi connectivity index (χ0) is 13.5. The minimum absolute atomic E-state index is 0.0156. The standard InChI is InChI=1S/C17H14O3/c1-11-13-7-3-5-9-15(13)20-17(18-11)16-10-12-6-2-4-8-14(12)19-16/h2-11,17H,1H3. The van der Waals surface area contributed by atoms with Crippen LogP contribution in [-0.2, 0) is 4.74 Å². The van der Waals surface area contributed by atoms with Crippen molar-refractivity contribution in [1.29, 1.82) is 0 Å². The maximum absolute atomic E-state index is 5.91. The Morgan fingerprint density at radius 3 is 2.65 bits per heavy atom. The third-order valence-corrected chi connectivity index (χ3v) is 3.60. The fraction of sp³-hybridized carbons (Fsp3) is 0.176. The monoisotopic (exact) mass is 266 g/mol. The quantitative estimate of drug-likeness (QED) is 0.645. The summed E-state index contributed by atoms with van der Waals surface area (Å²) >= 11 is 0. The Hall–Kier alpha value is -2.26. The normalized spacial score (nSPS) is 21.4. The number of rotatable bonds is 1. The molecule has 3 heteroatoms. The second-order valence-electron chi connectivity index (χ2n) is 4.95. The molecule has 2 heterocycles. The molecule has 0 bridgehead atoms. The van der Waals surface area contributed by atoms with Crippen LogP contribution in [0.25, 0.3) is 11.0 Å². The van der Waals surface area contributed by atoms with Crippen molar-refractivity contribution in [3.8, 4) is 5.75 Å². The van der Waals surface area contributed by atoms with Crippen LogP contribution in [0.15, 0.2) is 59.0 Å². The van der Waals surface area contributed by atoms with E-state index < -0.39 is 6.29 Å². The summed E-state index contributed by atoms with van der Waals surface area (Å²) in [7, 11) is 0. The lowest BCUT2D eigenvalue weighted by Crippen LogP contribution is -2.20. The summed E-state index contributed by atoms with van der Waals surface area (Å²) in [5.74, 6) is 1.56. The van der Waals surface area contributed by atoms with Crippen molar-refractivity contribution >= 4 is 11.0 Å². The van der Waals surface area contributed by atoms with E-state index in [1.807, 2.05) is 61.5 Å². The first-order valence-electron chi connectivity index (χ1n) is 6.71. The van der Waals surface area contributed by atoms with Crippen molar-refractivity contribution in [2.45, 2.75) is 19.3 Å². The van der Waals surface area contributed by atoms with Crippen molar-refractivity contribution in [1.82, 2.24) is 0 Å². The van der Waals surface area contributed by atoms with Crippen LogP contribution in [-0.4, -0.2) is 0 Å². The highest BCUT2D eigenvalue weighted by Crippen LogP contribution is 2.40. The number of furan rings is 1. The SMILES string of the molecule is CC1OC(c2cc3ccccc3o2)Oc2ccccc21. The number of benzene rings is 2. The molecule has 2 aromatic carbocycles. The molecule has 2 unspecified atom stereocenters. The molecule has 0 spiro atoms. The third-order valence-electron chi connectivity index (χ3n) is 3.60. The zero-order valence-electron chi connectivity index (χ0n) is 11.1. The molecule has 1 aliphatic rings. The predicted molar refractivity (Wildman–Crippen MR) is 75.5 cm³/mol. The van der Waals surface area contributed by atoms with E-state index in [-0.39, 0.29) is 6.10 Å². The minimum Gasteiger partial charge on any atom is -0.457 e. The third kappa shape index (κ3) is 1.79. The van der Waals surface area contributed by atoms with Gasteiger partial charge in [0.15, 0.2) is 5.76 Å². The molecule has 0 saturated carbocycles. The number of fused-ring (bicyclic) bond motifs is 2. The average molecular weight is 266 g/mol. The van der Waals surface area contributed by atoms with Crippen LogP contribution in [0.3, 0.4) is 0 Å². The highest BCUT2D eigenvalue weighted by atomic mass is 16.7. The van der Waals surface area contributed by atoms with Gasteiger partial charge in [0, 0.05) is 10.9 Å². The van der Waals surface area contributed by atoms with Gasteiger partial charge in [-0.05, 0) is 25.1 Å². The fourth-order valence-corrected chi connectivity index (χ4v) is 2.57. The Morgan fingerprint density at radius 2 is 1.75 bits per heavy atom. The largest absolute Gasteiger partial charge is 0.457 e. The molecule has 1 aliphatic heterocycles. The van der Waals surface area contributed by atoms with E-state index in [9.17, 15) is 0 Å². The number of hydrogen-bond donors (Lipinski definition) is 0. The molecular formula is C17H14O3. The van der Waals surface area contributed by atoms with E-state index in [1.54, 1.807) is 0 Å². The van der Waals surface area contributed by atoms with Crippen molar-refractivity contribution in [3.05, 3.63) is 65.9 Å². The predicted octanol–water partition coefficient (Wildman–Crippen LogP) is 4.60. The Morgan fingerprint density at radius 1 is 0.950 bits per heavy atom. The summed E-state index contributed by atoms with van der Waals surface area (Å²) in [6.07, 6.45) is -0.509. The topological polar surface area (TPSA) is 31.6 Å². The molecule has 0 radical (unpaired) electrons. The van der Waals surface area contributed by atoms with Gasteiger partial charge in [0.25, 0.3) is 6.29 Å². The van der Waals surface area contributed by atoms with Gasteiger partial charge >= 0.3 is 0 Å². The molecule has 100 valence electrons. The molecule has 0 N–H and O–H groups in total. The van der Waals surface area contributed by atoms with Crippen LogP contribution in [0.5, 0.6) is 5.75 Å². The molecular weight excluding hydrogens is 252 g/mol. The zero-order valence-corrected chi connectivity index (χ0v) is 11.1. The van der Waals surface area contributed by atoms with Crippen LogP contribution in [0, 0.1) is 0 Å². The number of para-hydroxylation sites is 2. The first-order valence-corrected chi connectivity index (χ1v) is 6.71. The van der Waals surface area contributed by atoms with Crippen LogP contribution in [0.4, 0.5) is 0 Å². The lowest BCUT2D eigenvalue weighted by Gasteiger charge is -2.29. The minimum atomic E-state index is -0.493. The van der Waals surface area contributed by atoms with E-state index in [2.05, 4.69) is 0 Å². The summed E-state index contributed by atoms with van der Waals surface area (Å²) in [6, 6.07) is 17.8. The van der Waals surface area contributed by atoms with E-state index in [0.717, 1.165) is 22.3 Å². The molecule has 3 nitrogen and oxygen atoms in total. The maximum Gasteiger partial charge on any atom is 0.259 e. The lowest BCUT2D eigenvalue weighted by molar-refractivity contribution is -0.147. The molecule has 0 amide bonds. The first kappa shape index (κ1) is 11.6. The smallest absolute Gasteiger partial charge is 0.259 e. The summed E-state index contributed by atoms with van der Waals surface area (Å²) < 4.78 is 17.6. The first-order chi connectivity index (χ1) is 9.81. The van der Waals surface area contributed by atoms with Crippen molar-refractivity contribution in [2.75, 3.05) is 0 Å². The van der Waals surface area contributed by atoms with Crippen molar-refractivity contribution in [3.63, 3.8) is 0 Å². The Kier molecular flexibility index (Phi) is 2.54. The maximum atomic E-state index is 5.91. The summed E-state index contributed by atoms with van der Waals surface area (Å²) in [6.45, 7) is 2.02. The van der Waals surface area contributed by atoms with Crippen molar-refractivity contribution < 1.29 is 13.9 Å². The van der Waals surface area contributed by atoms with Gasteiger partial charge in [0.2, 0.25) is 0 Å². The van der Waals surface area contributed by atoms with E-state index in [4.69, 9.17) is 13.9 Å². The molecule has 3 aromatic rings. The highest BCUT2D eigenvalue weighted by Gasteiger charge is 2.29. The second kappa shape index (κ2) is 4.39. The van der Waals surface area contributed by atoms with Gasteiger partial charge in [-0.25, -0.2) is 0 Å². The molecule has 0 fully saturated rings. The van der Waals surface area contributed by atoms with Gasteiger partial charge in [0.1, 0.15) is 11.3 Å². The fourth-order valence-electron chi connectivity index (χ4n) is 2.57. The second-order valence-corrected chi connectivity index (χ2v) is 4.95. The number of ether oxygens (including phenoxy) is 2. The Bertz CT molecular complexity index is 727. The molecule has 0 saturated heterocycles. The van der Waals surface area contributed by atoms with Crippen LogP contribution < -0.4 is 4.74 Å². The Balaban J connectivity index is 1.73. The lowest BCUT2D eigenvalue weighted by atomic mass is 10.1. The van der Waals surface area contributed by atoms with Gasteiger partial charge in [-0.15, -0.1) is 0 Å². The molecule has 20 heavy (non-hydrogen) atoms. The van der Waals surface area contributed by atoms with Crippen LogP contribution in [0.2, 0.25) is 0 Å². The van der Waals surface area contributed by atoms with Crippen LogP contribution in [0.1, 0.15) is 30.6 Å². The number of hydrogen-bond acceptors (Lipinski definition) is 3.